The van der Waals surface area contributed by atoms with Crippen LogP contribution in [0.3, 0.4) is 0 Å². The van der Waals surface area contributed by atoms with Gasteiger partial charge in [0, 0.05) is 5.56 Å². The van der Waals surface area contributed by atoms with Gasteiger partial charge < -0.3 is 9.47 Å². The molecule has 0 unspecified atom stereocenters. The summed E-state index contributed by atoms with van der Waals surface area (Å²) in [6, 6.07) is 17.7. The molecule has 0 atom stereocenters. The average Bonchev–Trinajstić information content (AvgIpc) is 2.61. The molecule has 4 heteroatoms. The lowest BCUT2D eigenvalue weighted by Crippen LogP contribution is -2.10. The first-order chi connectivity index (χ1) is 11.2. The molecule has 0 bridgehead atoms. The van der Waals surface area contributed by atoms with E-state index in [1.54, 1.807) is 24.3 Å². The second-order valence-corrected chi connectivity index (χ2v) is 4.94. The summed E-state index contributed by atoms with van der Waals surface area (Å²) in [6.07, 6.45) is 0.689. The second-order valence-electron chi connectivity index (χ2n) is 4.94. The van der Waals surface area contributed by atoms with Gasteiger partial charge in [0.15, 0.2) is 11.5 Å². The molecule has 3 aromatic carbocycles. The highest BCUT2D eigenvalue weighted by Crippen LogP contribution is 2.29. The van der Waals surface area contributed by atoms with Crippen LogP contribution in [0, 0.1) is 0 Å². The number of rotatable bonds is 4. The third-order valence-corrected chi connectivity index (χ3v) is 3.54. The molecule has 0 aliphatic rings. The first-order valence-corrected chi connectivity index (χ1v) is 7.06. The van der Waals surface area contributed by atoms with E-state index in [0.717, 1.165) is 10.8 Å². The van der Waals surface area contributed by atoms with Crippen LogP contribution < -0.4 is 9.47 Å². The molecule has 0 saturated carbocycles. The maximum atomic E-state index is 12.5. The topological polar surface area (TPSA) is 52.6 Å². The highest BCUT2D eigenvalue weighted by Gasteiger charge is 2.15. The van der Waals surface area contributed by atoms with E-state index in [4.69, 9.17) is 9.47 Å². The van der Waals surface area contributed by atoms with Gasteiger partial charge in [0.25, 0.3) is 0 Å². The lowest BCUT2D eigenvalue weighted by molar-refractivity contribution is 0.0731. The number of fused-ring (bicyclic) bond motifs is 1. The van der Waals surface area contributed by atoms with Gasteiger partial charge in [-0.2, -0.15) is 0 Å². The zero-order chi connectivity index (χ0) is 16.2. The number of carbonyl (C=O) groups excluding carboxylic acids is 2. The number of aldehydes is 1. The van der Waals surface area contributed by atoms with E-state index in [0.29, 0.717) is 23.2 Å². The van der Waals surface area contributed by atoms with Crippen molar-refractivity contribution in [2.45, 2.75) is 0 Å². The van der Waals surface area contributed by atoms with Gasteiger partial charge in [-0.15, -0.1) is 0 Å². The molecule has 23 heavy (non-hydrogen) atoms. The monoisotopic (exact) mass is 306 g/mol. The zero-order valence-electron chi connectivity index (χ0n) is 12.5. The summed E-state index contributed by atoms with van der Waals surface area (Å²) in [7, 11) is 1.48. The fourth-order valence-corrected chi connectivity index (χ4v) is 2.40. The van der Waals surface area contributed by atoms with E-state index in [2.05, 4.69) is 0 Å². The molecule has 0 amide bonds. The van der Waals surface area contributed by atoms with E-state index < -0.39 is 5.97 Å². The summed E-state index contributed by atoms with van der Waals surface area (Å²) in [5.41, 5.74) is 0.869. The first-order valence-electron chi connectivity index (χ1n) is 7.06. The minimum Gasteiger partial charge on any atom is -0.493 e. The molecule has 0 fully saturated rings. The Labute approximate surface area is 133 Å². The predicted octanol–water partition coefficient (Wildman–Crippen LogP) is 3.88. The Morgan fingerprint density at radius 2 is 1.74 bits per heavy atom. The van der Waals surface area contributed by atoms with Crippen molar-refractivity contribution in [1.82, 2.24) is 0 Å². The lowest BCUT2D eigenvalue weighted by Gasteiger charge is -2.11. The quantitative estimate of drug-likeness (QED) is 0.417. The van der Waals surface area contributed by atoms with Crippen molar-refractivity contribution < 1.29 is 19.1 Å². The molecule has 4 nitrogen and oxygen atoms in total. The Hall–Kier alpha value is -3.14. The molecule has 3 rings (SSSR count). The smallest absolute Gasteiger partial charge is 0.344 e. The number of carbonyl (C=O) groups is 2. The van der Waals surface area contributed by atoms with Crippen molar-refractivity contribution in [2.75, 3.05) is 7.11 Å². The Morgan fingerprint density at radius 1 is 0.957 bits per heavy atom. The summed E-state index contributed by atoms with van der Waals surface area (Å²) >= 11 is 0. The van der Waals surface area contributed by atoms with Gasteiger partial charge in [-0.05, 0) is 35.0 Å². The van der Waals surface area contributed by atoms with Crippen LogP contribution in [0.2, 0.25) is 0 Å². The van der Waals surface area contributed by atoms with E-state index >= 15 is 0 Å². The summed E-state index contributed by atoms with van der Waals surface area (Å²) < 4.78 is 10.6. The molecule has 0 N–H and O–H groups in total. The van der Waals surface area contributed by atoms with Crippen LogP contribution in [0.4, 0.5) is 0 Å². The van der Waals surface area contributed by atoms with Gasteiger partial charge >= 0.3 is 5.97 Å². The molecule has 0 heterocycles. The first kappa shape index (κ1) is 14.8. The Balaban J connectivity index is 2.00. The van der Waals surface area contributed by atoms with E-state index in [9.17, 15) is 9.59 Å². The molecular formula is C19H14O4. The van der Waals surface area contributed by atoms with Gasteiger partial charge in [0.05, 0.1) is 12.7 Å². The third kappa shape index (κ3) is 2.92. The number of ether oxygens (including phenoxy) is 2. The summed E-state index contributed by atoms with van der Waals surface area (Å²) in [6.45, 7) is 0. The molecular weight excluding hydrogens is 292 g/mol. The molecule has 0 aromatic heterocycles. The Morgan fingerprint density at radius 3 is 2.52 bits per heavy atom. The number of esters is 1. The van der Waals surface area contributed by atoms with E-state index in [-0.39, 0.29) is 5.75 Å². The molecule has 0 radical (unpaired) electrons. The van der Waals surface area contributed by atoms with Crippen molar-refractivity contribution in [3.63, 3.8) is 0 Å². The maximum Gasteiger partial charge on any atom is 0.344 e. The third-order valence-electron chi connectivity index (χ3n) is 3.54. The Bertz CT molecular complexity index is 878. The largest absolute Gasteiger partial charge is 0.493 e. The molecule has 0 aliphatic carbocycles. The van der Waals surface area contributed by atoms with Crippen LogP contribution in [0.5, 0.6) is 11.5 Å². The van der Waals surface area contributed by atoms with E-state index in [1.807, 2.05) is 30.3 Å². The number of benzene rings is 3. The fraction of sp³-hybridized carbons (Fsp3) is 0.0526. The van der Waals surface area contributed by atoms with Crippen LogP contribution >= 0.6 is 0 Å². The van der Waals surface area contributed by atoms with Gasteiger partial charge in [-0.1, -0.05) is 36.4 Å². The predicted molar refractivity (Wildman–Crippen MR) is 87.3 cm³/mol. The standard InChI is InChI=1S/C19H14O4/c1-22-17-10-9-13(12-20)11-18(17)23-19(21)16-8-4-6-14-5-2-3-7-15(14)16/h2-12H,1H3. The summed E-state index contributed by atoms with van der Waals surface area (Å²) in [4.78, 5) is 23.4. The van der Waals surface area contributed by atoms with Crippen molar-refractivity contribution in [3.8, 4) is 11.5 Å². The van der Waals surface area contributed by atoms with Crippen molar-refractivity contribution in [3.05, 3.63) is 71.8 Å². The summed E-state index contributed by atoms with van der Waals surface area (Å²) in [5, 5.41) is 1.76. The highest BCUT2D eigenvalue weighted by atomic mass is 16.6. The number of hydrogen-bond donors (Lipinski definition) is 0. The average molecular weight is 306 g/mol. The van der Waals surface area contributed by atoms with Crippen molar-refractivity contribution in [1.29, 1.82) is 0 Å². The van der Waals surface area contributed by atoms with Crippen LogP contribution in [0.15, 0.2) is 60.7 Å². The maximum absolute atomic E-state index is 12.5. The minimum absolute atomic E-state index is 0.218. The lowest BCUT2D eigenvalue weighted by atomic mass is 10.0. The van der Waals surface area contributed by atoms with Crippen LogP contribution in [-0.4, -0.2) is 19.4 Å². The minimum atomic E-state index is -0.497. The van der Waals surface area contributed by atoms with Gasteiger partial charge in [0.2, 0.25) is 0 Å². The highest BCUT2D eigenvalue weighted by molar-refractivity contribution is 6.05. The molecule has 0 spiro atoms. The zero-order valence-corrected chi connectivity index (χ0v) is 12.5. The SMILES string of the molecule is COc1ccc(C=O)cc1OC(=O)c1cccc2ccccc12. The number of methoxy groups -OCH3 is 1. The van der Waals surface area contributed by atoms with Crippen LogP contribution in [0.1, 0.15) is 20.7 Å². The van der Waals surface area contributed by atoms with Crippen LogP contribution in [0.25, 0.3) is 10.8 Å². The Kier molecular flexibility index (Phi) is 4.06. The van der Waals surface area contributed by atoms with E-state index in [1.165, 1.54) is 13.2 Å². The molecule has 3 aromatic rings. The second kappa shape index (κ2) is 6.32. The van der Waals surface area contributed by atoms with Gasteiger partial charge in [-0.3, -0.25) is 4.79 Å². The van der Waals surface area contributed by atoms with Crippen molar-refractivity contribution >= 4 is 23.0 Å². The molecule has 114 valence electrons. The fourth-order valence-electron chi connectivity index (χ4n) is 2.40. The van der Waals surface area contributed by atoms with Gasteiger partial charge in [-0.25, -0.2) is 4.79 Å². The van der Waals surface area contributed by atoms with Gasteiger partial charge in [0.1, 0.15) is 6.29 Å². The molecule has 0 aliphatic heterocycles. The number of hydrogen-bond acceptors (Lipinski definition) is 4. The van der Waals surface area contributed by atoms with Crippen molar-refractivity contribution in [2.24, 2.45) is 0 Å². The van der Waals surface area contributed by atoms with Crippen LogP contribution in [-0.2, 0) is 0 Å². The normalized spacial score (nSPS) is 10.3. The molecule has 0 saturated heterocycles. The summed E-state index contributed by atoms with van der Waals surface area (Å²) in [5.74, 6) is 0.113.